The number of hydrogen-bond acceptors (Lipinski definition) is 1. The summed E-state index contributed by atoms with van der Waals surface area (Å²) in [6, 6.07) is 5.71. The Balaban J connectivity index is 3.07. The first-order valence-corrected chi connectivity index (χ1v) is 5.57. The van der Waals surface area contributed by atoms with Crippen molar-refractivity contribution >= 4 is 23.2 Å². The van der Waals surface area contributed by atoms with Gasteiger partial charge in [0.15, 0.2) is 0 Å². The van der Waals surface area contributed by atoms with Crippen LogP contribution in [0.3, 0.4) is 0 Å². The summed E-state index contributed by atoms with van der Waals surface area (Å²) in [5.74, 6) is 0. The first-order chi connectivity index (χ1) is 7.04. The lowest BCUT2D eigenvalue weighted by molar-refractivity contribution is 0.710. The van der Waals surface area contributed by atoms with Crippen LogP contribution < -0.4 is 5.32 Å². The summed E-state index contributed by atoms with van der Waals surface area (Å²) in [6.45, 7) is 4.13. The lowest BCUT2D eigenvalue weighted by Gasteiger charge is -2.15. The Kier molecular flexibility index (Phi) is 4.65. The Hall–Kier alpha value is -0.500. The average molecular weight is 244 g/mol. The second-order valence-corrected chi connectivity index (χ2v) is 4.52. The van der Waals surface area contributed by atoms with Crippen LogP contribution in [0.5, 0.6) is 0 Å². The number of halogens is 2. The van der Waals surface area contributed by atoms with Crippen molar-refractivity contribution in [1.29, 1.82) is 0 Å². The molecule has 0 spiro atoms. The van der Waals surface area contributed by atoms with Gasteiger partial charge in [-0.3, -0.25) is 0 Å². The Morgan fingerprint density at radius 1 is 1.33 bits per heavy atom. The standard InChI is InChI=1S/C12H15Cl2N/c1-8(2)6-12(15-3)10-5-4-9(13)7-11(10)14/h4-7,12,15H,1-3H3. The number of hydrogen-bond donors (Lipinski definition) is 1. The van der Waals surface area contributed by atoms with Crippen LogP contribution in [0, 0.1) is 0 Å². The highest BCUT2D eigenvalue weighted by atomic mass is 35.5. The summed E-state index contributed by atoms with van der Waals surface area (Å²) in [7, 11) is 1.91. The van der Waals surface area contributed by atoms with Crippen molar-refractivity contribution in [3.63, 3.8) is 0 Å². The van der Waals surface area contributed by atoms with E-state index in [0.717, 1.165) is 5.56 Å². The first-order valence-electron chi connectivity index (χ1n) is 4.82. The largest absolute Gasteiger partial charge is 0.310 e. The summed E-state index contributed by atoms with van der Waals surface area (Å²) >= 11 is 12.0. The maximum Gasteiger partial charge on any atom is 0.0521 e. The van der Waals surface area contributed by atoms with Crippen LogP contribution in [0.25, 0.3) is 0 Å². The minimum Gasteiger partial charge on any atom is -0.310 e. The second-order valence-electron chi connectivity index (χ2n) is 3.68. The van der Waals surface area contributed by atoms with Gasteiger partial charge in [0.05, 0.1) is 6.04 Å². The molecule has 1 nitrogen and oxygen atoms in total. The second kappa shape index (κ2) is 5.55. The zero-order valence-corrected chi connectivity index (χ0v) is 10.7. The number of rotatable bonds is 3. The van der Waals surface area contributed by atoms with Gasteiger partial charge in [0.25, 0.3) is 0 Å². The third kappa shape index (κ3) is 3.53. The molecule has 1 rings (SSSR count). The Labute approximate surface area is 101 Å². The molecule has 1 N–H and O–H groups in total. The molecule has 0 fully saturated rings. The highest BCUT2D eigenvalue weighted by Gasteiger charge is 2.10. The Morgan fingerprint density at radius 2 is 2.00 bits per heavy atom. The monoisotopic (exact) mass is 243 g/mol. The minimum atomic E-state index is 0.139. The van der Waals surface area contributed by atoms with Gasteiger partial charge in [-0.05, 0) is 38.6 Å². The first kappa shape index (κ1) is 12.6. The van der Waals surface area contributed by atoms with Crippen LogP contribution in [0.2, 0.25) is 10.0 Å². The predicted octanol–water partition coefficient (Wildman–Crippen LogP) is 4.22. The molecule has 3 heteroatoms. The molecule has 82 valence electrons. The summed E-state index contributed by atoms with van der Waals surface area (Å²) in [5, 5.41) is 4.56. The molecule has 15 heavy (non-hydrogen) atoms. The molecular formula is C12H15Cl2N. The predicted molar refractivity (Wildman–Crippen MR) is 67.7 cm³/mol. The molecule has 0 bridgehead atoms. The average Bonchev–Trinajstić information content (AvgIpc) is 2.14. The van der Waals surface area contributed by atoms with Crippen LogP contribution in [-0.4, -0.2) is 7.05 Å². The quantitative estimate of drug-likeness (QED) is 0.785. The molecule has 0 saturated carbocycles. The van der Waals surface area contributed by atoms with Gasteiger partial charge >= 0.3 is 0 Å². The van der Waals surface area contributed by atoms with E-state index in [1.807, 2.05) is 19.2 Å². The molecule has 0 radical (unpaired) electrons. The molecule has 0 heterocycles. The summed E-state index contributed by atoms with van der Waals surface area (Å²) in [5.41, 5.74) is 2.30. The van der Waals surface area contributed by atoms with Gasteiger partial charge in [-0.25, -0.2) is 0 Å². The lowest BCUT2D eigenvalue weighted by Crippen LogP contribution is -2.14. The van der Waals surface area contributed by atoms with Gasteiger partial charge in [0.1, 0.15) is 0 Å². The SMILES string of the molecule is CNC(C=C(C)C)c1ccc(Cl)cc1Cl. The summed E-state index contributed by atoms with van der Waals surface area (Å²) < 4.78 is 0. The topological polar surface area (TPSA) is 12.0 Å². The molecule has 1 atom stereocenters. The molecule has 0 aliphatic carbocycles. The lowest BCUT2D eigenvalue weighted by atomic mass is 10.0. The third-order valence-electron chi connectivity index (χ3n) is 2.11. The molecule has 1 aromatic carbocycles. The minimum absolute atomic E-state index is 0.139. The van der Waals surface area contributed by atoms with Crippen molar-refractivity contribution in [1.82, 2.24) is 5.32 Å². The normalized spacial score (nSPS) is 12.3. The van der Waals surface area contributed by atoms with E-state index in [9.17, 15) is 0 Å². The fourth-order valence-electron chi connectivity index (χ4n) is 1.42. The van der Waals surface area contributed by atoms with Crippen molar-refractivity contribution in [3.8, 4) is 0 Å². The van der Waals surface area contributed by atoms with Gasteiger partial charge in [-0.2, -0.15) is 0 Å². The van der Waals surface area contributed by atoms with Crippen LogP contribution in [0.1, 0.15) is 25.5 Å². The van der Waals surface area contributed by atoms with E-state index < -0.39 is 0 Å². The van der Waals surface area contributed by atoms with E-state index in [1.165, 1.54) is 5.57 Å². The van der Waals surface area contributed by atoms with Crippen molar-refractivity contribution < 1.29 is 0 Å². The maximum absolute atomic E-state index is 6.13. The van der Waals surface area contributed by atoms with E-state index in [1.54, 1.807) is 6.07 Å². The number of allylic oxidation sites excluding steroid dienone is 1. The number of likely N-dealkylation sites (N-methyl/N-ethyl adjacent to an activating group) is 1. The Bertz CT molecular complexity index is 368. The van der Waals surface area contributed by atoms with Crippen molar-refractivity contribution in [3.05, 3.63) is 45.5 Å². The maximum atomic E-state index is 6.13. The zero-order chi connectivity index (χ0) is 11.4. The summed E-state index contributed by atoms with van der Waals surface area (Å²) in [4.78, 5) is 0. The fraction of sp³-hybridized carbons (Fsp3) is 0.333. The van der Waals surface area contributed by atoms with Gasteiger partial charge in [0, 0.05) is 10.0 Å². The van der Waals surface area contributed by atoms with Gasteiger partial charge < -0.3 is 5.32 Å². The van der Waals surface area contributed by atoms with Crippen LogP contribution in [-0.2, 0) is 0 Å². The van der Waals surface area contributed by atoms with Crippen molar-refractivity contribution in [2.75, 3.05) is 7.05 Å². The Morgan fingerprint density at radius 3 is 2.47 bits per heavy atom. The molecule has 1 aromatic rings. The van der Waals surface area contributed by atoms with Gasteiger partial charge in [-0.1, -0.05) is 40.9 Å². The summed E-state index contributed by atoms with van der Waals surface area (Å²) in [6.07, 6.45) is 2.13. The molecule has 0 aromatic heterocycles. The smallest absolute Gasteiger partial charge is 0.0521 e. The van der Waals surface area contributed by atoms with Crippen LogP contribution in [0.4, 0.5) is 0 Å². The molecule has 1 unspecified atom stereocenters. The van der Waals surface area contributed by atoms with Crippen molar-refractivity contribution in [2.45, 2.75) is 19.9 Å². The number of nitrogens with one attached hydrogen (secondary N) is 1. The molecule has 0 aliphatic heterocycles. The molecule has 0 amide bonds. The van der Waals surface area contributed by atoms with Gasteiger partial charge in [-0.15, -0.1) is 0 Å². The van der Waals surface area contributed by atoms with E-state index in [-0.39, 0.29) is 6.04 Å². The van der Waals surface area contributed by atoms with Gasteiger partial charge in [0.2, 0.25) is 0 Å². The fourth-order valence-corrected chi connectivity index (χ4v) is 1.94. The number of benzene rings is 1. The van der Waals surface area contributed by atoms with E-state index in [2.05, 4.69) is 25.2 Å². The molecule has 0 aliphatic rings. The third-order valence-corrected chi connectivity index (χ3v) is 2.67. The van der Waals surface area contributed by atoms with E-state index >= 15 is 0 Å². The van der Waals surface area contributed by atoms with Crippen LogP contribution >= 0.6 is 23.2 Å². The molecular weight excluding hydrogens is 229 g/mol. The molecule has 0 saturated heterocycles. The van der Waals surface area contributed by atoms with E-state index in [4.69, 9.17) is 23.2 Å². The van der Waals surface area contributed by atoms with Crippen LogP contribution in [0.15, 0.2) is 29.8 Å². The highest BCUT2D eigenvalue weighted by Crippen LogP contribution is 2.27. The highest BCUT2D eigenvalue weighted by molar-refractivity contribution is 6.35. The van der Waals surface area contributed by atoms with E-state index in [0.29, 0.717) is 10.0 Å². The van der Waals surface area contributed by atoms with Crippen molar-refractivity contribution in [2.24, 2.45) is 0 Å². The zero-order valence-electron chi connectivity index (χ0n) is 9.14.